The number of ether oxygens (including phenoxy) is 1. The maximum atomic E-state index is 11.9. The molecule has 0 saturated heterocycles. The van der Waals surface area contributed by atoms with Gasteiger partial charge < -0.3 is 20.5 Å². The second-order valence-corrected chi connectivity index (χ2v) is 6.63. The predicted octanol–water partition coefficient (Wildman–Crippen LogP) is 2.51. The van der Waals surface area contributed by atoms with Gasteiger partial charge in [0.05, 0.1) is 9.21 Å². The number of benzene rings is 1. The molecule has 2 aromatic rings. The highest BCUT2D eigenvalue weighted by Gasteiger charge is 2.22. The van der Waals surface area contributed by atoms with Gasteiger partial charge in [-0.3, -0.25) is 4.79 Å². The van der Waals surface area contributed by atoms with E-state index in [1.165, 1.54) is 6.07 Å². The number of nitrogens with one attached hydrogen (secondary N) is 2. The first-order valence-corrected chi connectivity index (χ1v) is 8.38. The van der Waals surface area contributed by atoms with Gasteiger partial charge in [0, 0.05) is 6.54 Å². The topological polar surface area (TPSA) is 105 Å². The van der Waals surface area contributed by atoms with Crippen LogP contribution in [0.5, 0.6) is 0 Å². The van der Waals surface area contributed by atoms with Gasteiger partial charge in [-0.05, 0) is 17.7 Å². The molecule has 1 heterocycles. The van der Waals surface area contributed by atoms with Gasteiger partial charge in [-0.2, -0.15) is 0 Å². The van der Waals surface area contributed by atoms with Crippen LogP contribution in [0.4, 0.5) is 4.79 Å². The number of alkyl carbamates (subject to hydrolysis) is 1. The van der Waals surface area contributed by atoms with Crippen molar-refractivity contribution < 1.29 is 24.2 Å². The highest BCUT2D eigenvalue weighted by Crippen LogP contribution is 2.21. The number of carboxylic acid groups (broad SMARTS) is 1. The van der Waals surface area contributed by atoms with Crippen LogP contribution >= 0.6 is 22.9 Å². The molecule has 7 nitrogen and oxygen atoms in total. The van der Waals surface area contributed by atoms with E-state index in [-0.39, 0.29) is 13.2 Å². The van der Waals surface area contributed by atoms with Crippen molar-refractivity contribution in [2.75, 3.05) is 6.54 Å². The zero-order valence-corrected chi connectivity index (χ0v) is 14.5. The maximum absolute atomic E-state index is 11.9. The summed E-state index contributed by atoms with van der Waals surface area (Å²) < 4.78 is 5.41. The number of carbonyl (C=O) groups is 3. The number of hydrogen-bond acceptors (Lipinski definition) is 5. The summed E-state index contributed by atoms with van der Waals surface area (Å²) in [6.45, 7) is -0.275. The van der Waals surface area contributed by atoms with Crippen molar-refractivity contribution in [2.45, 2.75) is 12.6 Å². The van der Waals surface area contributed by atoms with E-state index in [0.29, 0.717) is 9.21 Å². The van der Waals surface area contributed by atoms with E-state index < -0.39 is 24.0 Å². The third kappa shape index (κ3) is 6.09. The van der Waals surface area contributed by atoms with Crippen molar-refractivity contribution in [1.82, 2.24) is 10.6 Å². The summed E-state index contributed by atoms with van der Waals surface area (Å²) in [5, 5.41) is 13.8. The molecule has 0 radical (unpaired) electrons. The summed E-state index contributed by atoms with van der Waals surface area (Å²) in [5.41, 5.74) is 0.771. The van der Waals surface area contributed by atoms with E-state index in [9.17, 15) is 14.4 Å². The summed E-state index contributed by atoms with van der Waals surface area (Å²) in [6, 6.07) is 10.7. The van der Waals surface area contributed by atoms with Crippen molar-refractivity contribution >= 4 is 40.9 Å². The first kappa shape index (κ1) is 18.8. The molecular formula is C16H15ClN2O5S. The molecule has 2 amide bonds. The highest BCUT2D eigenvalue weighted by atomic mass is 35.5. The number of rotatable bonds is 7. The Labute approximate surface area is 152 Å². The molecular weight excluding hydrogens is 368 g/mol. The first-order chi connectivity index (χ1) is 12.0. The Morgan fingerprint density at radius 3 is 2.48 bits per heavy atom. The quantitative estimate of drug-likeness (QED) is 0.682. The van der Waals surface area contributed by atoms with Crippen LogP contribution in [0, 0.1) is 0 Å². The van der Waals surface area contributed by atoms with Crippen LogP contribution in [0.3, 0.4) is 0 Å². The molecule has 25 heavy (non-hydrogen) atoms. The van der Waals surface area contributed by atoms with E-state index in [0.717, 1.165) is 16.9 Å². The number of carboxylic acids is 1. The van der Waals surface area contributed by atoms with Gasteiger partial charge >= 0.3 is 12.1 Å². The fraction of sp³-hybridized carbons (Fsp3) is 0.188. The first-order valence-electron chi connectivity index (χ1n) is 7.19. The number of carbonyl (C=O) groups excluding carboxylic acids is 2. The largest absolute Gasteiger partial charge is 0.480 e. The minimum Gasteiger partial charge on any atom is -0.480 e. The number of halogens is 1. The summed E-state index contributed by atoms with van der Waals surface area (Å²) in [5.74, 6) is -1.76. The Kier molecular flexibility index (Phi) is 6.79. The average Bonchev–Trinajstić information content (AvgIpc) is 3.03. The zero-order chi connectivity index (χ0) is 18.2. The zero-order valence-electron chi connectivity index (χ0n) is 12.9. The molecule has 0 bridgehead atoms. The molecule has 1 unspecified atom stereocenters. The Balaban J connectivity index is 1.82. The minimum absolute atomic E-state index is 0.0130. The summed E-state index contributed by atoms with van der Waals surface area (Å²) >= 11 is 6.81. The van der Waals surface area contributed by atoms with Crippen molar-refractivity contribution in [2.24, 2.45) is 0 Å². The second kappa shape index (κ2) is 9.05. The number of amides is 2. The standard InChI is InChI=1S/C16H15ClN2O5S/c17-13-7-6-12(25-13)14(20)18-8-11(15(21)22)19-16(23)24-9-10-4-2-1-3-5-10/h1-7,11H,8-9H2,(H,18,20)(H,19,23)(H,21,22). The van der Waals surface area contributed by atoms with Crippen LogP contribution in [0.2, 0.25) is 4.34 Å². The lowest BCUT2D eigenvalue weighted by atomic mass is 10.2. The Morgan fingerprint density at radius 1 is 1.16 bits per heavy atom. The minimum atomic E-state index is -1.32. The molecule has 3 N–H and O–H groups in total. The van der Waals surface area contributed by atoms with Crippen molar-refractivity contribution in [3.05, 3.63) is 57.2 Å². The molecule has 0 saturated carbocycles. The monoisotopic (exact) mass is 382 g/mol. The molecule has 0 spiro atoms. The number of hydrogen-bond donors (Lipinski definition) is 3. The van der Waals surface area contributed by atoms with Gasteiger partial charge in [0.25, 0.3) is 5.91 Å². The molecule has 1 atom stereocenters. The van der Waals surface area contributed by atoms with Crippen LogP contribution in [0.25, 0.3) is 0 Å². The molecule has 0 aliphatic carbocycles. The van der Waals surface area contributed by atoms with Crippen LogP contribution in [-0.2, 0) is 16.1 Å². The lowest BCUT2D eigenvalue weighted by Gasteiger charge is -2.15. The molecule has 0 aliphatic heterocycles. The molecule has 1 aromatic carbocycles. The van der Waals surface area contributed by atoms with Crippen LogP contribution in [0.1, 0.15) is 15.2 Å². The van der Waals surface area contributed by atoms with Gasteiger partial charge in [0.2, 0.25) is 0 Å². The average molecular weight is 383 g/mol. The maximum Gasteiger partial charge on any atom is 0.408 e. The van der Waals surface area contributed by atoms with Crippen LogP contribution in [-0.4, -0.2) is 35.7 Å². The van der Waals surface area contributed by atoms with E-state index >= 15 is 0 Å². The number of aliphatic carboxylic acids is 1. The van der Waals surface area contributed by atoms with E-state index in [1.54, 1.807) is 30.3 Å². The summed E-state index contributed by atoms with van der Waals surface area (Å²) in [4.78, 5) is 35.2. The second-order valence-electron chi connectivity index (χ2n) is 4.91. The normalized spacial score (nSPS) is 11.4. The van der Waals surface area contributed by atoms with Crippen molar-refractivity contribution in [3.8, 4) is 0 Å². The van der Waals surface area contributed by atoms with Gasteiger partial charge in [-0.1, -0.05) is 41.9 Å². The van der Waals surface area contributed by atoms with Gasteiger partial charge in [0.15, 0.2) is 0 Å². The van der Waals surface area contributed by atoms with Gasteiger partial charge in [0.1, 0.15) is 12.6 Å². The fourth-order valence-corrected chi connectivity index (χ4v) is 2.78. The van der Waals surface area contributed by atoms with Crippen molar-refractivity contribution in [1.29, 1.82) is 0 Å². The molecule has 0 fully saturated rings. The Morgan fingerprint density at radius 2 is 1.88 bits per heavy atom. The Hall–Kier alpha value is -2.58. The third-order valence-corrected chi connectivity index (χ3v) is 4.30. The van der Waals surface area contributed by atoms with E-state index in [4.69, 9.17) is 21.4 Å². The molecule has 132 valence electrons. The predicted molar refractivity (Wildman–Crippen MR) is 92.8 cm³/mol. The number of thiophene rings is 1. The molecule has 2 rings (SSSR count). The summed E-state index contributed by atoms with van der Waals surface area (Å²) in [6.07, 6.45) is -0.885. The highest BCUT2D eigenvalue weighted by molar-refractivity contribution is 7.17. The van der Waals surface area contributed by atoms with Crippen LogP contribution in [0.15, 0.2) is 42.5 Å². The third-order valence-electron chi connectivity index (χ3n) is 3.07. The fourth-order valence-electron chi connectivity index (χ4n) is 1.83. The van der Waals surface area contributed by atoms with Gasteiger partial charge in [-0.15, -0.1) is 11.3 Å². The van der Waals surface area contributed by atoms with E-state index in [1.807, 2.05) is 6.07 Å². The van der Waals surface area contributed by atoms with Gasteiger partial charge in [-0.25, -0.2) is 9.59 Å². The molecule has 9 heteroatoms. The lowest BCUT2D eigenvalue weighted by molar-refractivity contribution is -0.139. The van der Waals surface area contributed by atoms with E-state index in [2.05, 4.69) is 10.6 Å². The molecule has 1 aromatic heterocycles. The lowest BCUT2D eigenvalue weighted by Crippen LogP contribution is -2.48. The SMILES string of the molecule is O=C(NC(CNC(=O)c1ccc(Cl)s1)C(=O)O)OCc1ccccc1. The summed E-state index contributed by atoms with van der Waals surface area (Å²) in [7, 11) is 0. The van der Waals surface area contributed by atoms with Crippen molar-refractivity contribution in [3.63, 3.8) is 0 Å². The Bertz CT molecular complexity index is 750. The smallest absolute Gasteiger partial charge is 0.408 e. The molecule has 0 aliphatic rings. The van der Waals surface area contributed by atoms with Crippen LogP contribution < -0.4 is 10.6 Å².